The van der Waals surface area contributed by atoms with Gasteiger partial charge in [0.15, 0.2) is 0 Å². The highest BCUT2D eigenvalue weighted by molar-refractivity contribution is 6.26. The van der Waals surface area contributed by atoms with Gasteiger partial charge in [-0.05, 0) is 19.1 Å². The lowest BCUT2D eigenvalue weighted by Crippen LogP contribution is -2.34. The van der Waals surface area contributed by atoms with E-state index in [1.165, 1.54) is 9.80 Å². The highest BCUT2D eigenvalue weighted by Crippen LogP contribution is 2.22. The Morgan fingerprint density at radius 2 is 1.90 bits per heavy atom. The Labute approximate surface area is 123 Å². The normalized spacial score (nSPS) is 19.6. The third-order valence-corrected chi connectivity index (χ3v) is 3.17. The number of likely N-dealkylation sites (N-methyl/N-ethyl adjacent to an activating group) is 1. The summed E-state index contributed by atoms with van der Waals surface area (Å²) in [7, 11) is 1.56. The molecule has 0 fully saturated rings. The van der Waals surface area contributed by atoms with Gasteiger partial charge in [0.05, 0.1) is 6.04 Å². The molecule has 1 aromatic carbocycles. The fourth-order valence-corrected chi connectivity index (χ4v) is 1.97. The summed E-state index contributed by atoms with van der Waals surface area (Å²) in [5.41, 5.74) is 6.28. The Balaban J connectivity index is 2.56. The van der Waals surface area contributed by atoms with Crippen LogP contribution in [0.5, 0.6) is 0 Å². The third kappa shape index (κ3) is 2.80. The SMILES string of the molecule is C[C@H](N)C(O)=C1C(=N)N(c2ccccc2)C=CN(C)C1=O. The molecule has 0 radical (unpaired) electrons. The molecule has 4 N–H and O–H groups in total. The lowest BCUT2D eigenvalue weighted by Gasteiger charge is -2.21. The molecule has 0 aliphatic carbocycles. The summed E-state index contributed by atoms with van der Waals surface area (Å²) in [4.78, 5) is 15.1. The van der Waals surface area contributed by atoms with Gasteiger partial charge in [0.25, 0.3) is 5.91 Å². The van der Waals surface area contributed by atoms with Crippen LogP contribution in [0.1, 0.15) is 6.92 Å². The summed E-state index contributed by atoms with van der Waals surface area (Å²) in [5.74, 6) is -0.868. The van der Waals surface area contributed by atoms with Crippen LogP contribution in [-0.2, 0) is 4.79 Å². The maximum atomic E-state index is 12.3. The van der Waals surface area contributed by atoms with Crippen molar-refractivity contribution in [2.24, 2.45) is 5.73 Å². The van der Waals surface area contributed by atoms with Gasteiger partial charge >= 0.3 is 0 Å². The molecule has 6 nitrogen and oxygen atoms in total. The minimum Gasteiger partial charge on any atom is -0.510 e. The lowest BCUT2D eigenvalue weighted by atomic mass is 10.1. The zero-order valence-corrected chi connectivity index (χ0v) is 11.9. The summed E-state index contributed by atoms with van der Waals surface area (Å²) in [6.07, 6.45) is 3.16. The van der Waals surface area contributed by atoms with Crippen LogP contribution in [0.3, 0.4) is 0 Å². The van der Waals surface area contributed by atoms with Crippen molar-refractivity contribution < 1.29 is 9.90 Å². The van der Waals surface area contributed by atoms with Gasteiger partial charge < -0.3 is 20.6 Å². The van der Waals surface area contributed by atoms with E-state index in [1.54, 1.807) is 26.4 Å². The van der Waals surface area contributed by atoms with Crippen molar-refractivity contribution in [2.45, 2.75) is 13.0 Å². The second-order valence-electron chi connectivity index (χ2n) is 4.82. The number of carbonyl (C=O) groups excluding carboxylic acids is 1. The fourth-order valence-electron chi connectivity index (χ4n) is 1.97. The Morgan fingerprint density at radius 1 is 1.29 bits per heavy atom. The maximum Gasteiger partial charge on any atom is 0.264 e. The monoisotopic (exact) mass is 286 g/mol. The molecule has 110 valence electrons. The van der Waals surface area contributed by atoms with Gasteiger partial charge in [-0.3, -0.25) is 10.2 Å². The standard InChI is InChI=1S/C15H18N4O2/c1-10(16)13(20)12-14(17)19(9-8-18(2)15(12)21)11-6-4-3-5-7-11/h3-10,17,20H,16H2,1-2H3/t10-/m0/s1. The van der Waals surface area contributed by atoms with Crippen LogP contribution in [0.15, 0.2) is 54.1 Å². The van der Waals surface area contributed by atoms with Crippen LogP contribution in [0, 0.1) is 5.41 Å². The fraction of sp³-hybridized carbons (Fsp3) is 0.200. The second-order valence-corrected chi connectivity index (χ2v) is 4.82. The Kier molecular flexibility index (Phi) is 4.09. The molecular formula is C15H18N4O2. The predicted octanol–water partition coefficient (Wildman–Crippen LogP) is 1.57. The number of nitrogens with zero attached hydrogens (tertiary/aromatic N) is 2. The van der Waals surface area contributed by atoms with Crippen LogP contribution in [0.4, 0.5) is 5.69 Å². The number of amides is 1. The Hall–Kier alpha value is -2.60. The van der Waals surface area contributed by atoms with Crippen molar-refractivity contribution in [2.75, 3.05) is 11.9 Å². The van der Waals surface area contributed by atoms with E-state index in [-0.39, 0.29) is 17.2 Å². The van der Waals surface area contributed by atoms with E-state index < -0.39 is 11.9 Å². The Morgan fingerprint density at radius 3 is 2.48 bits per heavy atom. The molecule has 0 spiro atoms. The van der Waals surface area contributed by atoms with E-state index in [0.717, 1.165) is 5.69 Å². The molecule has 1 aliphatic heterocycles. The number of anilines is 1. The second kappa shape index (κ2) is 5.80. The molecule has 21 heavy (non-hydrogen) atoms. The average molecular weight is 286 g/mol. The number of amidine groups is 1. The van der Waals surface area contributed by atoms with E-state index in [9.17, 15) is 9.90 Å². The van der Waals surface area contributed by atoms with Gasteiger partial charge in [0.1, 0.15) is 17.2 Å². The first-order valence-electron chi connectivity index (χ1n) is 6.51. The van der Waals surface area contributed by atoms with Gasteiger partial charge in [-0.2, -0.15) is 0 Å². The highest BCUT2D eigenvalue weighted by atomic mass is 16.3. The highest BCUT2D eigenvalue weighted by Gasteiger charge is 2.30. The molecule has 0 unspecified atom stereocenters. The van der Waals surface area contributed by atoms with Gasteiger partial charge in [-0.15, -0.1) is 0 Å². The Bertz CT molecular complexity index is 620. The number of hydrogen-bond acceptors (Lipinski definition) is 4. The van der Waals surface area contributed by atoms with Crippen LogP contribution in [0.2, 0.25) is 0 Å². The van der Waals surface area contributed by atoms with Gasteiger partial charge in [-0.1, -0.05) is 18.2 Å². The van der Waals surface area contributed by atoms with E-state index in [1.807, 2.05) is 30.3 Å². The van der Waals surface area contributed by atoms with Crippen LogP contribution >= 0.6 is 0 Å². The predicted molar refractivity (Wildman–Crippen MR) is 81.9 cm³/mol. The largest absolute Gasteiger partial charge is 0.510 e. The molecule has 0 saturated carbocycles. The third-order valence-electron chi connectivity index (χ3n) is 3.17. The lowest BCUT2D eigenvalue weighted by molar-refractivity contribution is -0.123. The van der Waals surface area contributed by atoms with Crippen LogP contribution in [-0.4, -0.2) is 34.8 Å². The molecule has 0 bridgehead atoms. The molecule has 0 aromatic heterocycles. The maximum absolute atomic E-state index is 12.3. The summed E-state index contributed by atoms with van der Waals surface area (Å²) in [5, 5.41) is 18.4. The van der Waals surface area contributed by atoms with Crippen molar-refractivity contribution in [1.82, 2.24) is 4.90 Å². The summed E-state index contributed by atoms with van der Waals surface area (Å²) < 4.78 is 0. The molecule has 1 heterocycles. The molecule has 1 aliphatic rings. The van der Waals surface area contributed by atoms with Crippen molar-refractivity contribution in [1.29, 1.82) is 5.41 Å². The zero-order valence-electron chi connectivity index (χ0n) is 11.9. The average Bonchev–Trinajstić information content (AvgIpc) is 2.57. The molecule has 6 heteroatoms. The van der Waals surface area contributed by atoms with Crippen LogP contribution < -0.4 is 10.6 Å². The number of rotatable bonds is 2. The van der Waals surface area contributed by atoms with Crippen molar-refractivity contribution in [3.63, 3.8) is 0 Å². The van der Waals surface area contributed by atoms with E-state index in [4.69, 9.17) is 11.1 Å². The van der Waals surface area contributed by atoms with Gasteiger partial charge in [0.2, 0.25) is 0 Å². The molecular weight excluding hydrogens is 268 g/mol. The minimum absolute atomic E-state index is 0.0960. The van der Waals surface area contributed by atoms with Gasteiger partial charge in [-0.25, -0.2) is 0 Å². The molecule has 2 rings (SSSR count). The van der Waals surface area contributed by atoms with E-state index >= 15 is 0 Å². The number of carbonyl (C=O) groups is 1. The quantitative estimate of drug-likeness (QED) is 0.568. The summed E-state index contributed by atoms with van der Waals surface area (Å²) in [6, 6.07) is 8.43. The number of nitrogens with one attached hydrogen (secondary N) is 1. The molecule has 1 aromatic rings. The summed E-state index contributed by atoms with van der Waals surface area (Å²) >= 11 is 0. The topological polar surface area (TPSA) is 93.6 Å². The first-order valence-corrected chi connectivity index (χ1v) is 6.51. The molecule has 1 amide bonds. The minimum atomic E-state index is -0.728. The summed E-state index contributed by atoms with van der Waals surface area (Å²) in [6.45, 7) is 1.56. The van der Waals surface area contributed by atoms with Crippen LogP contribution in [0.25, 0.3) is 0 Å². The number of benzene rings is 1. The zero-order chi connectivity index (χ0) is 15.6. The van der Waals surface area contributed by atoms with E-state index in [2.05, 4.69) is 0 Å². The number of nitrogens with two attached hydrogens (primary N) is 1. The number of para-hydroxylation sites is 1. The number of aliphatic hydroxyl groups is 1. The van der Waals surface area contributed by atoms with E-state index in [0.29, 0.717) is 0 Å². The van der Waals surface area contributed by atoms with Crippen molar-refractivity contribution in [3.8, 4) is 0 Å². The number of hydrogen-bond donors (Lipinski definition) is 3. The smallest absolute Gasteiger partial charge is 0.264 e. The van der Waals surface area contributed by atoms with Gasteiger partial charge in [0, 0.05) is 25.1 Å². The van der Waals surface area contributed by atoms with Crippen molar-refractivity contribution >= 4 is 17.4 Å². The number of aliphatic hydroxyl groups excluding tert-OH is 1. The molecule has 0 saturated heterocycles. The first kappa shape index (κ1) is 14.8. The first-order chi connectivity index (χ1) is 9.93. The van der Waals surface area contributed by atoms with Crippen molar-refractivity contribution in [3.05, 3.63) is 54.1 Å². The molecule has 1 atom stereocenters.